The summed E-state index contributed by atoms with van der Waals surface area (Å²) in [5.41, 5.74) is 2.18. The Hall–Kier alpha value is -1.42. The Labute approximate surface area is 102 Å². The van der Waals surface area contributed by atoms with Crippen LogP contribution in [-0.2, 0) is 11.3 Å². The molecule has 2 rings (SSSR count). The number of aryl methyl sites for hydroxylation is 1. The number of hydrogen-bond donors (Lipinski definition) is 2. The summed E-state index contributed by atoms with van der Waals surface area (Å²) in [5, 5.41) is 6.21. The monoisotopic (exact) mass is 233 g/mol. The molecule has 0 aliphatic heterocycles. The van der Waals surface area contributed by atoms with Crippen LogP contribution in [0.3, 0.4) is 0 Å². The van der Waals surface area contributed by atoms with Gasteiger partial charge in [-0.15, -0.1) is 0 Å². The zero-order valence-corrected chi connectivity index (χ0v) is 10.2. The minimum Gasteiger partial charge on any atom is -0.353 e. The molecule has 1 amide bonds. The Morgan fingerprint density at radius 3 is 2.94 bits per heavy atom. The molecule has 92 valence electrons. The first kappa shape index (κ1) is 12.0. The van der Waals surface area contributed by atoms with Crippen molar-refractivity contribution in [3.63, 3.8) is 0 Å². The van der Waals surface area contributed by atoms with E-state index in [1.165, 1.54) is 0 Å². The number of pyridine rings is 1. The van der Waals surface area contributed by atoms with E-state index in [0.29, 0.717) is 19.0 Å². The van der Waals surface area contributed by atoms with E-state index in [9.17, 15) is 4.79 Å². The standard InChI is InChI=1S/C13H19N3O/c1-10-2-3-11(9-15-10)8-14-7-6-13(17)16-12-4-5-12/h2-3,9,12,14H,4-8H2,1H3,(H,16,17). The fourth-order valence-corrected chi connectivity index (χ4v) is 1.57. The first-order valence-electron chi connectivity index (χ1n) is 6.15. The molecule has 4 heteroatoms. The van der Waals surface area contributed by atoms with E-state index in [1.807, 2.05) is 19.2 Å². The largest absolute Gasteiger partial charge is 0.353 e. The lowest BCUT2D eigenvalue weighted by atomic mass is 10.2. The molecule has 4 nitrogen and oxygen atoms in total. The van der Waals surface area contributed by atoms with Gasteiger partial charge in [0.15, 0.2) is 0 Å². The van der Waals surface area contributed by atoms with Crippen molar-refractivity contribution < 1.29 is 4.79 Å². The van der Waals surface area contributed by atoms with Gasteiger partial charge in [0.05, 0.1) is 0 Å². The fourth-order valence-electron chi connectivity index (χ4n) is 1.57. The van der Waals surface area contributed by atoms with Crippen molar-refractivity contribution in [1.29, 1.82) is 0 Å². The first-order valence-corrected chi connectivity index (χ1v) is 6.15. The predicted molar refractivity (Wildman–Crippen MR) is 66.5 cm³/mol. The van der Waals surface area contributed by atoms with Gasteiger partial charge in [-0.2, -0.15) is 0 Å². The van der Waals surface area contributed by atoms with Crippen LogP contribution in [0.2, 0.25) is 0 Å². The maximum Gasteiger partial charge on any atom is 0.221 e. The number of nitrogens with zero attached hydrogens (tertiary/aromatic N) is 1. The molecular formula is C13H19N3O. The molecule has 17 heavy (non-hydrogen) atoms. The third kappa shape index (κ3) is 4.53. The Morgan fingerprint density at radius 2 is 2.29 bits per heavy atom. The topological polar surface area (TPSA) is 54.0 Å². The zero-order valence-electron chi connectivity index (χ0n) is 10.2. The van der Waals surface area contributed by atoms with Crippen LogP contribution in [0.1, 0.15) is 30.5 Å². The van der Waals surface area contributed by atoms with E-state index in [1.54, 1.807) is 0 Å². The number of nitrogens with one attached hydrogen (secondary N) is 2. The lowest BCUT2D eigenvalue weighted by molar-refractivity contribution is -0.121. The average molecular weight is 233 g/mol. The van der Waals surface area contributed by atoms with Crippen molar-refractivity contribution in [1.82, 2.24) is 15.6 Å². The lowest BCUT2D eigenvalue weighted by Gasteiger charge is -2.05. The Kier molecular flexibility index (Phi) is 4.09. The molecule has 1 saturated carbocycles. The van der Waals surface area contributed by atoms with Gasteiger partial charge in [-0.05, 0) is 31.4 Å². The summed E-state index contributed by atoms with van der Waals surface area (Å²) < 4.78 is 0. The van der Waals surface area contributed by atoms with Gasteiger partial charge in [0.1, 0.15) is 0 Å². The molecule has 0 aromatic carbocycles. The minimum atomic E-state index is 0.155. The fraction of sp³-hybridized carbons (Fsp3) is 0.538. The molecule has 1 aliphatic carbocycles. The molecular weight excluding hydrogens is 214 g/mol. The highest BCUT2D eigenvalue weighted by Gasteiger charge is 2.22. The van der Waals surface area contributed by atoms with Crippen molar-refractivity contribution in [3.8, 4) is 0 Å². The predicted octanol–water partition coefficient (Wildman–Crippen LogP) is 1.15. The summed E-state index contributed by atoms with van der Waals surface area (Å²) in [5.74, 6) is 0.155. The molecule has 0 radical (unpaired) electrons. The van der Waals surface area contributed by atoms with Crippen LogP contribution < -0.4 is 10.6 Å². The van der Waals surface area contributed by atoms with Crippen LogP contribution in [0.15, 0.2) is 18.3 Å². The molecule has 1 aromatic heterocycles. The molecule has 0 spiro atoms. The molecule has 0 saturated heterocycles. The van der Waals surface area contributed by atoms with Gasteiger partial charge >= 0.3 is 0 Å². The highest BCUT2D eigenvalue weighted by molar-refractivity contribution is 5.76. The van der Waals surface area contributed by atoms with Crippen LogP contribution in [-0.4, -0.2) is 23.5 Å². The SMILES string of the molecule is Cc1ccc(CNCCC(=O)NC2CC2)cn1. The van der Waals surface area contributed by atoms with Crippen molar-refractivity contribution in [3.05, 3.63) is 29.6 Å². The second kappa shape index (κ2) is 5.77. The van der Waals surface area contributed by atoms with Gasteiger partial charge in [0.2, 0.25) is 5.91 Å². The van der Waals surface area contributed by atoms with Gasteiger partial charge in [-0.3, -0.25) is 9.78 Å². The van der Waals surface area contributed by atoms with Gasteiger partial charge in [0.25, 0.3) is 0 Å². The van der Waals surface area contributed by atoms with E-state index in [-0.39, 0.29) is 5.91 Å². The maximum atomic E-state index is 11.4. The molecule has 2 N–H and O–H groups in total. The summed E-state index contributed by atoms with van der Waals surface area (Å²) in [6.07, 6.45) is 4.71. The summed E-state index contributed by atoms with van der Waals surface area (Å²) in [6.45, 7) is 3.45. The van der Waals surface area contributed by atoms with Crippen LogP contribution in [0, 0.1) is 6.92 Å². The molecule has 1 aliphatic rings. The van der Waals surface area contributed by atoms with Crippen molar-refractivity contribution in [2.24, 2.45) is 0 Å². The molecule has 0 bridgehead atoms. The highest BCUT2D eigenvalue weighted by atomic mass is 16.1. The summed E-state index contributed by atoms with van der Waals surface area (Å²) in [7, 11) is 0. The van der Waals surface area contributed by atoms with Crippen molar-refractivity contribution in [2.45, 2.75) is 38.8 Å². The molecule has 0 unspecified atom stereocenters. The minimum absolute atomic E-state index is 0.155. The van der Waals surface area contributed by atoms with Crippen molar-refractivity contribution >= 4 is 5.91 Å². The van der Waals surface area contributed by atoms with E-state index in [2.05, 4.69) is 21.7 Å². The number of rotatable bonds is 6. The van der Waals surface area contributed by atoms with E-state index in [4.69, 9.17) is 0 Å². The Balaban J connectivity index is 1.59. The van der Waals surface area contributed by atoms with Gasteiger partial charge in [-0.1, -0.05) is 6.07 Å². The third-order valence-corrected chi connectivity index (χ3v) is 2.77. The lowest BCUT2D eigenvalue weighted by Crippen LogP contribution is -2.29. The smallest absolute Gasteiger partial charge is 0.221 e. The van der Waals surface area contributed by atoms with Crippen LogP contribution in [0.5, 0.6) is 0 Å². The van der Waals surface area contributed by atoms with Crippen molar-refractivity contribution in [2.75, 3.05) is 6.54 Å². The normalized spacial score (nSPS) is 14.6. The quantitative estimate of drug-likeness (QED) is 0.725. The second-order valence-corrected chi connectivity index (χ2v) is 4.58. The third-order valence-electron chi connectivity index (χ3n) is 2.77. The molecule has 1 fully saturated rings. The van der Waals surface area contributed by atoms with E-state index < -0.39 is 0 Å². The highest BCUT2D eigenvalue weighted by Crippen LogP contribution is 2.18. The molecule has 1 heterocycles. The van der Waals surface area contributed by atoms with Gasteiger partial charge in [-0.25, -0.2) is 0 Å². The summed E-state index contributed by atoms with van der Waals surface area (Å²) >= 11 is 0. The first-order chi connectivity index (χ1) is 8.24. The van der Waals surface area contributed by atoms with E-state index in [0.717, 1.165) is 30.6 Å². The summed E-state index contributed by atoms with van der Waals surface area (Å²) in [6, 6.07) is 4.51. The number of hydrogen-bond acceptors (Lipinski definition) is 3. The Bertz CT molecular complexity index is 371. The van der Waals surface area contributed by atoms with Gasteiger partial charge in [0, 0.05) is 37.4 Å². The van der Waals surface area contributed by atoms with Gasteiger partial charge < -0.3 is 10.6 Å². The number of carbonyl (C=O) groups is 1. The van der Waals surface area contributed by atoms with Crippen LogP contribution in [0.25, 0.3) is 0 Å². The second-order valence-electron chi connectivity index (χ2n) is 4.58. The van der Waals surface area contributed by atoms with Crippen LogP contribution in [0.4, 0.5) is 0 Å². The number of amides is 1. The zero-order chi connectivity index (χ0) is 12.1. The van der Waals surface area contributed by atoms with Crippen LogP contribution >= 0.6 is 0 Å². The Morgan fingerprint density at radius 1 is 1.47 bits per heavy atom. The average Bonchev–Trinajstić information content (AvgIpc) is 3.11. The number of carbonyl (C=O) groups excluding carboxylic acids is 1. The number of aromatic nitrogens is 1. The molecule has 0 atom stereocenters. The molecule has 1 aromatic rings. The maximum absolute atomic E-state index is 11.4. The van der Waals surface area contributed by atoms with E-state index >= 15 is 0 Å². The summed E-state index contributed by atoms with van der Waals surface area (Å²) in [4.78, 5) is 15.6.